The van der Waals surface area contributed by atoms with E-state index in [1.54, 1.807) is 10.6 Å². The van der Waals surface area contributed by atoms with Crippen molar-refractivity contribution in [3.63, 3.8) is 0 Å². The fourth-order valence-electron chi connectivity index (χ4n) is 4.51. The molecule has 0 radical (unpaired) electrons. The third kappa shape index (κ3) is 5.37. The molecule has 1 fully saturated rings. The van der Waals surface area contributed by atoms with Gasteiger partial charge in [-0.05, 0) is 43.0 Å². The molecule has 1 aliphatic rings. The van der Waals surface area contributed by atoms with Crippen molar-refractivity contribution >= 4 is 28.6 Å². The van der Waals surface area contributed by atoms with Gasteiger partial charge in [0.05, 0.1) is 34.8 Å². The third-order valence-electron chi connectivity index (χ3n) is 6.44. The summed E-state index contributed by atoms with van der Waals surface area (Å²) in [4.78, 5) is 31.6. The van der Waals surface area contributed by atoms with Crippen molar-refractivity contribution in [1.29, 1.82) is 0 Å². The first-order valence-electron chi connectivity index (χ1n) is 12.3. The first kappa shape index (κ1) is 24.3. The number of nitrogens with zero attached hydrogens (tertiary/aromatic N) is 2. The van der Waals surface area contributed by atoms with Crippen LogP contribution >= 0.6 is 11.8 Å². The quantitative estimate of drug-likeness (QED) is 0.274. The molecule has 0 bridgehead atoms. The Bertz CT molecular complexity index is 1350. The van der Waals surface area contributed by atoms with Crippen LogP contribution in [0.25, 0.3) is 10.9 Å². The van der Waals surface area contributed by atoms with E-state index >= 15 is 0 Å². The normalized spacial score (nSPS) is 16.3. The van der Waals surface area contributed by atoms with Gasteiger partial charge in [-0.15, -0.1) is 0 Å². The van der Waals surface area contributed by atoms with Gasteiger partial charge in [0, 0.05) is 6.61 Å². The van der Waals surface area contributed by atoms with Gasteiger partial charge in [-0.25, -0.2) is 4.98 Å². The number of hydrogen-bond donors (Lipinski definition) is 1. The molecule has 2 atom stereocenters. The smallest absolute Gasteiger partial charge is 0.262 e. The number of carbonyl (C=O) groups is 1. The number of nitrogens with one attached hydrogen (secondary N) is 1. The summed E-state index contributed by atoms with van der Waals surface area (Å²) >= 11 is 1.31. The number of fused-ring (bicyclic) bond motifs is 1. The summed E-state index contributed by atoms with van der Waals surface area (Å²) < 4.78 is 7.49. The number of aromatic nitrogens is 2. The molecule has 2 heterocycles. The molecule has 184 valence electrons. The molecule has 1 aliphatic heterocycles. The first-order valence-corrected chi connectivity index (χ1v) is 13.2. The Kier molecular flexibility index (Phi) is 7.49. The van der Waals surface area contributed by atoms with Gasteiger partial charge in [0.1, 0.15) is 0 Å². The molecular formula is C29H29N3O3S. The number of amides is 1. The van der Waals surface area contributed by atoms with Gasteiger partial charge in [0.15, 0.2) is 5.16 Å². The van der Waals surface area contributed by atoms with Gasteiger partial charge < -0.3 is 10.1 Å². The van der Waals surface area contributed by atoms with Crippen LogP contribution in [0.2, 0.25) is 0 Å². The molecule has 4 aromatic rings. The summed E-state index contributed by atoms with van der Waals surface area (Å²) in [6, 6.07) is 26.9. The number of carbonyl (C=O) groups excluding carboxylic acids is 1. The van der Waals surface area contributed by atoms with Gasteiger partial charge in [-0.2, -0.15) is 0 Å². The van der Waals surface area contributed by atoms with Crippen LogP contribution < -0.4 is 10.9 Å². The van der Waals surface area contributed by atoms with Crippen molar-refractivity contribution in [2.75, 3.05) is 6.61 Å². The van der Waals surface area contributed by atoms with Crippen LogP contribution in [0.5, 0.6) is 0 Å². The number of hydrogen-bond acceptors (Lipinski definition) is 5. The summed E-state index contributed by atoms with van der Waals surface area (Å²) in [5.41, 5.74) is 2.55. The SMILES string of the molecule is CC(Sc1nc2ccccc2c(=O)n1CC1CCCO1)C(=O)NC(c1ccccc1)c1ccccc1. The van der Waals surface area contributed by atoms with Crippen molar-refractivity contribution in [1.82, 2.24) is 14.9 Å². The minimum Gasteiger partial charge on any atom is -0.376 e. The zero-order chi connectivity index (χ0) is 24.9. The topological polar surface area (TPSA) is 73.2 Å². The van der Waals surface area contributed by atoms with Crippen LogP contribution in [0.1, 0.15) is 36.9 Å². The van der Waals surface area contributed by atoms with Crippen LogP contribution in [-0.4, -0.2) is 33.4 Å². The summed E-state index contributed by atoms with van der Waals surface area (Å²) in [7, 11) is 0. The van der Waals surface area contributed by atoms with Crippen molar-refractivity contribution in [2.45, 2.75) is 48.9 Å². The predicted octanol–water partition coefficient (Wildman–Crippen LogP) is 4.96. The number of thioether (sulfide) groups is 1. The lowest BCUT2D eigenvalue weighted by molar-refractivity contribution is -0.120. The fraction of sp³-hybridized carbons (Fsp3) is 0.276. The molecule has 1 N–H and O–H groups in total. The summed E-state index contributed by atoms with van der Waals surface area (Å²) in [6.45, 7) is 3.00. The second-order valence-corrected chi connectivity index (χ2v) is 10.3. The Hall–Kier alpha value is -3.42. The van der Waals surface area contributed by atoms with Crippen LogP contribution in [0.3, 0.4) is 0 Å². The van der Waals surface area contributed by atoms with Gasteiger partial charge >= 0.3 is 0 Å². The van der Waals surface area contributed by atoms with Gasteiger partial charge in [0.25, 0.3) is 5.56 Å². The highest BCUT2D eigenvalue weighted by molar-refractivity contribution is 8.00. The monoisotopic (exact) mass is 499 g/mol. The third-order valence-corrected chi connectivity index (χ3v) is 7.53. The lowest BCUT2D eigenvalue weighted by Gasteiger charge is -2.23. The molecule has 2 unspecified atom stereocenters. The lowest BCUT2D eigenvalue weighted by Crippen LogP contribution is -2.36. The van der Waals surface area contributed by atoms with Crippen molar-refractivity contribution in [2.24, 2.45) is 0 Å². The maximum absolute atomic E-state index is 13.4. The lowest BCUT2D eigenvalue weighted by atomic mass is 9.98. The van der Waals surface area contributed by atoms with Crippen LogP contribution in [0.15, 0.2) is 94.9 Å². The van der Waals surface area contributed by atoms with Gasteiger partial charge in [0.2, 0.25) is 5.91 Å². The first-order chi connectivity index (χ1) is 17.6. The standard InChI is InChI=1S/C29H29N3O3S/c1-20(27(33)31-26(21-11-4-2-5-12-21)22-13-6-3-7-14-22)36-29-30-25-17-9-8-16-24(25)28(34)32(29)19-23-15-10-18-35-23/h2-9,11-14,16-17,20,23,26H,10,15,18-19H2,1H3,(H,31,33). The molecule has 5 rings (SSSR count). The van der Waals surface area contributed by atoms with Crippen LogP contribution in [0, 0.1) is 0 Å². The zero-order valence-electron chi connectivity index (χ0n) is 20.2. The summed E-state index contributed by atoms with van der Waals surface area (Å²) in [5.74, 6) is -0.121. The predicted molar refractivity (Wildman–Crippen MR) is 143 cm³/mol. The minimum atomic E-state index is -0.469. The Morgan fingerprint density at radius 3 is 2.31 bits per heavy atom. The minimum absolute atomic E-state index is 0.0188. The molecule has 0 aliphatic carbocycles. The maximum atomic E-state index is 13.4. The second-order valence-electron chi connectivity index (χ2n) is 8.99. The molecule has 6 nitrogen and oxygen atoms in total. The molecule has 3 aromatic carbocycles. The number of para-hydroxylation sites is 1. The molecule has 0 spiro atoms. The van der Waals surface area contributed by atoms with E-state index in [4.69, 9.17) is 9.72 Å². The molecule has 1 saturated heterocycles. The molecule has 1 amide bonds. The highest BCUT2D eigenvalue weighted by Crippen LogP contribution is 2.27. The maximum Gasteiger partial charge on any atom is 0.262 e. The van der Waals surface area contributed by atoms with E-state index in [0.717, 1.165) is 24.0 Å². The van der Waals surface area contributed by atoms with E-state index in [2.05, 4.69) is 5.32 Å². The number of benzene rings is 3. The van der Waals surface area contributed by atoms with E-state index < -0.39 is 5.25 Å². The highest BCUT2D eigenvalue weighted by Gasteiger charge is 2.25. The van der Waals surface area contributed by atoms with E-state index in [0.29, 0.717) is 29.2 Å². The Balaban J connectivity index is 1.42. The average Bonchev–Trinajstić information content (AvgIpc) is 3.43. The van der Waals surface area contributed by atoms with E-state index in [-0.39, 0.29) is 23.6 Å². The van der Waals surface area contributed by atoms with E-state index in [9.17, 15) is 9.59 Å². The number of ether oxygens (including phenoxy) is 1. The fourth-order valence-corrected chi connectivity index (χ4v) is 5.44. The molecular weight excluding hydrogens is 470 g/mol. The van der Waals surface area contributed by atoms with Gasteiger partial charge in [-0.3, -0.25) is 14.2 Å². The molecule has 7 heteroatoms. The average molecular weight is 500 g/mol. The van der Waals surface area contributed by atoms with E-state index in [1.165, 1.54) is 11.8 Å². The Labute approximate surface area is 214 Å². The van der Waals surface area contributed by atoms with E-state index in [1.807, 2.05) is 85.8 Å². The highest BCUT2D eigenvalue weighted by atomic mass is 32.2. The molecule has 1 aromatic heterocycles. The Morgan fingerprint density at radius 2 is 1.67 bits per heavy atom. The number of rotatable bonds is 8. The van der Waals surface area contributed by atoms with Gasteiger partial charge in [-0.1, -0.05) is 84.6 Å². The van der Waals surface area contributed by atoms with Crippen molar-refractivity contribution in [3.8, 4) is 0 Å². The molecule has 0 saturated carbocycles. The second kappa shape index (κ2) is 11.1. The van der Waals surface area contributed by atoms with Crippen LogP contribution in [0.4, 0.5) is 0 Å². The zero-order valence-corrected chi connectivity index (χ0v) is 21.0. The van der Waals surface area contributed by atoms with Crippen molar-refractivity contribution in [3.05, 3.63) is 106 Å². The summed E-state index contributed by atoms with van der Waals surface area (Å²) in [6.07, 6.45) is 1.88. The Morgan fingerprint density at radius 1 is 1.03 bits per heavy atom. The largest absolute Gasteiger partial charge is 0.376 e. The van der Waals surface area contributed by atoms with Crippen LogP contribution in [-0.2, 0) is 16.1 Å². The molecule has 36 heavy (non-hydrogen) atoms. The van der Waals surface area contributed by atoms with Crippen molar-refractivity contribution < 1.29 is 9.53 Å². The summed E-state index contributed by atoms with van der Waals surface area (Å²) in [5, 5.41) is 3.85.